The van der Waals surface area contributed by atoms with Crippen LogP contribution in [0, 0.1) is 0 Å². The molecule has 67 heavy (non-hydrogen) atoms. The van der Waals surface area contributed by atoms with Gasteiger partial charge in [0.2, 0.25) is 0 Å². The highest BCUT2D eigenvalue weighted by atomic mass is 32.1. The van der Waals surface area contributed by atoms with Gasteiger partial charge >= 0.3 is 0 Å². The van der Waals surface area contributed by atoms with Crippen LogP contribution in [0.3, 0.4) is 0 Å². The van der Waals surface area contributed by atoms with E-state index in [4.69, 9.17) is 4.42 Å². The van der Waals surface area contributed by atoms with Crippen molar-refractivity contribution in [2.24, 2.45) is 0 Å². The zero-order valence-electron chi connectivity index (χ0n) is 36.0. The van der Waals surface area contributed by atoms with E-state index in [1.54, 1.807) is 0 Å². The molecule has 3 aromatic heterocycles. The molecule has 0 saturated carbocycles. The molecule has 0 aliphatic carbocycles. The first kappa shape index (κ1) is 37.2. The lowest BCUT2D eigenvalue weighted by atomic mass is 9.84. The Hall–Kier alpha value is -8.08. The third kappa shape index (κ3) is 5.41. The molecule has 0 aliphatic rings. The summed E-state index contributed by atoms with van der Waals surface area (Å²) in [5.74, 6) is 0. The van der Waals surface area contributed by atoms with Crippen molar-refractivity contribution in [3.05, 3.63) is 218 Å². The average molecular weight is 885 g/mol. The molecule has 0 atom stereocenters. The molecule has 0 spiro atoms. The van der Waals surface area contributed by atoms with Crippen molar-refractivity contribution in [3.8, 4) is 44.5 Å². The first-order valence-corrected chi connectivity index (χ1v) is 24.5. The van der Waals surface area contributed by atoms with E-state index in [-0.39, 0.29) is 0 Å². The van der Waals surface area contributed by atoms with Crippen LogP contribution in [0.5, 0.6) is 0 Å². The molecule has 0 N–H and O–H groups in total. The molecule has 0 fully saturated rings. The lowest BCUT2D eigenvalue weighted by Gasteiger charge is -2.19. The van der Waals surface area contributed by atoms with Crippen LogP contribution in [-0.2, 0) is 0 Å². The minimum absolute atomic E-state index is 0.884. The molecule has 3 heteroatoms. The maximum absolute atomic E-state index is 6.80. The second kappa shape index (κ2) is 14.2. The molecule has 15 rings (SSSR count). The Labute approximate surface area is 393 Å². The summed E-state index contributed by atoms with van der Waals surface area (Å²) in [6.07, 6.45) is 0. The molecule has 310 valence electrons. The topological polar surface area (TPSA) is 13.1 Å². The molecular formula is C64H36OS2. The van der Waals surface area contributed by atoms with Crippen molar-refractivity contribution in [3.63, 3.8) is 0 Å². The normalized spacial score (nSPS) is 12.2. The SMILES string of the molecule is c1cc(-c2c3ccccc3c(-c3ccc4sc5ccccc5c4c3)c3ccccc23)c2c(c1)oc1ccc(-c3c4ccccc4c(-c4ccc5sc6ccccc6c5c4)c4ccccc34)cc12. The third-order valence-electron chi connectivity index (χ3n) is 14.2. The van der Waals surface area contributed by atoms with E-state index in [9.17, 15) is 0 Å². The van der Waals surface area contributed by atoms with E-state index in [1.807, 2.05) is 22.7 Å². The van der Waals surface area contributed by atoms with Crippen LogP contribution >= 0.6 is 22.7 Å². The van der Waals surface area contributed by atoms with Gasteiger partial charge < -0.3 is 4.42 Å². The van der Waals surface area contributed by atoms with Crippen LogP contribution in [0.15, 0.2) is 223 Å². The molecule has 1 nitrogen and oxygen atoms in total. The van der Waals surface area contributed by atoms with Gasteiger partial charge in [-0.2, -0.15) is 0 Å². The van der Waals surface area contributed by atoms with Crippen LogP contribution in [-0.4, -0.2) is 0 Å². The Kier molecular flexibility index (Phi) is 7.88. The van der Waals surface area contributed by atoms with Crippen LogP contribution in [0.1, 0.15) is 0 Å². The maximum Gasteiger partial charge on any atom is 0.136 e. The molecule has 0 bridgehead atoms. The van der Waals surface area contributed by atoms with Gasteiger partial charge in [0.05, 0.1) is 0 Å². The summed E-state index contributed by atoms with van der Waals surface area (Å²) < 4.78 is 12.1. The van der Waals surface area contributed by atoms with Gasteiger partial charge in [0.25, 0.3) is 0 Å². The number of hydrogen-bond donors (Lipinski definition) is 0. The Morgan fingerprint density at radius 2 is 0.597 bits per heavy atom. The van der Waals surface area contributed by atoms with Gasteiger partial charge in [0.15, 0.2) is 0 Å². The third-order valence-corrected chi connectivity index (χ3v) is 16.6. The van der Waals surface area contributed by atoms with Gasteiger partial charge in [0.1, 0.15) is 11.2 Å². The van der Waals surface area contributed by atoms with E-state index >= 15 is 0 Å². The molecule has 15 aromatic rings. The Bertz CT molecular complexity index is 4470. The largest absolute Gasteiger partial charge is 0.456 e. The molecule has 0 unspecified atom stereocenters. The Balaban J connectivity index is 0.970. The summed E-state index contributed by atoms with van der Waals surface area (Å²) in [5.41, 5.74) is 11.6. The van der Waals surface area contributed by atoms with Crippen molar-refractivity contribution in [1.82, 2.24) is 0 Å². The van der Waals surface area contributed by atoms with Gasteiger partial charge in [-0.15, -0.1) is 22.7 Å². The summed E-state index contributed by atoms with van der Waals surface area (Å²) >= 11 is 3.74. The highest BCUT2D eigenvalue weighted by Crippen LogP contribution is 2.50. The molecule has 0 radical (unpaired) electrons. The molecule has 12 aromatic carbocycles. The Morgan fingerprint density at radius 3 is 1.04 bits per heavy atom. The average Bonchev–Trinajstić information content (AvgIpc) is 4.08. The number of rotatable bonds is 4. The van der Waals surface area contributed by atoms with Crippen LogP contribution in [0.25, 0.3) is 150 Å². The van der Waals surface area contributed by atoms with E-state index < -0.39 is 0 Å². The van der Waals surface area contributed by atoms with Crippen molar-refractivity contribution in [1.29, 1.82) is 0 Å². The summed E-state index contributed by atoms with van der Waals surface area (Å²) in [6.45, 7) is 0. The molecule has 3 heterocycles. The van der Waals surface area contributed by atoms with Crippen molar-refractivity contribution in [2.75, 3.05) is 0 Å². The fraction of sp³-hybridized carbons (Fsp3) is 0. The predicted molar refractivity (Wildman–Crippen MR) is 291 cm³/mol. The second-order valence-electron chi connectivity index (χ2n) is 17.8. The number of benzene rings is 12. The minimum Gasteiger partial charge on any atom is -0.456 e. The van der Waals surface area contributed by atoms with Crippen LogP contribution in [0.2, 0.25) is 0 Å². The van der Waals surface area contributed by atoms with Crippen molar-refractivity contribution < 1.29 is 4.42 Å². The minimum atomic E-state index is 0.884. The standard InChI is InChI=1S/C64H36OS2/c1-3-18-44-42(16-1)60(43-17-2-4-19-45(43)61(44)38-29-32-58-51(34-38)40-14-9-11-26-56(40)66-58)37-28-31-54-53(36-37)64-50(24-13-25-55(64)65-54)63-48-22-7-5-20-46(48)62(47-21-6-8-23-49(47)63)39-30-33-59-52(35-39)41-15-10-12-27-57(41)67-59/h1-36H. The van der Waals surface area contributed by atoms with Gasteiger partial charge in [-0.25, -0.2) is 0 Å². The van der Waals surface area contributed by atoms with Crippen LogP contribution in [0.4, 0.5) is 0 Å². The highest BCUT2D eigenvalue weighted by Gasteiger charge is 2.23. The van der Waals surface area contributed by atoms with Crippen LogP contribution < -0.4 is 0 Å². The van der Waals surface area contributed by atoms with Gasteiger partial charge in [-0.05, 0) is 142 Å². The van der Waals surface area contributed by atoms with E-state index in [1.165, 1.54) is 128 Å². The van der Waals surface area contributed by atoms with Gasteiger partial charge in [-0.3, -0.25) is 0 Å². The zero-order valence-corrected chi connectivity index (χ0v) is 37.6. The zero-order chi connectivity index (χ0) is 43.7. The first-order valence-electron chi connectivity index (χ1n) is 22.9. The number of furan rings is 1. The lowest BCUT2D eigenvalue weighted by molar-refractivity contribution is 0.669. The summed E-state index contributed by atoms with van der Waals surface area (Å²) in [4.78, 5) is 0. The highest BCUT2D eigenvalue weighted by molar-refractivity contribution is 7.26. The fourth-order valence-corrected chi connectivity index (χ4v) is 13.6. The van der Waals surface area contributed by atoms with Gasteiger partial charge in [0, 0.05) is 51.1 Å². The van der Waals surface area contributed by atoms with Gasteiger partial charge in [-0.1, -0.05) is 164 Å². The smallest absolute Gasteiger partial charge is 0.136 e. The first-order chi connectivity index (χ1) is 33.2. The fourth-order valence-electron chi connectivity index (χ4n) is 11.4. The van der Waals surface area contributed by atoms with E-state index in [2.05, 4.69) is 218 Å². The van der Waals surface area contributed by atoms with E-state index in [0.29, 0.717) is 0 Å². The predicted octanol–water partition coefficient (Wildman–Crippen LogP) is 19.6. The quantitative estimate of drug-likeness (QED) is 0.161. The summed E-state index contributed by atoms with van der Waals surface area (Å²) in [7, 11) is 0. The van der Waals surface area contributed by atoms with Crippen molar-refractivity contribution >= 4 is 128 Å². The molecule has 0 aliphatic heterocycles. The molecule has 0 saturated heterocycles. The maximum atomic E-state index is 6.80. The molecular weight excluding hydrogens is 849 g/mol. The van der Waals surface area contributed by atoms with E-state index in [0.717, 1.165) is 21.9 Å². The lowest BCUT2D eigenvalue weighted by Crippen LogP contribution is -1.91. The summed E-state index contributed by atoms with van der Waals surface area (Å²) in [6, 6.07) is 81.0. The second-order valence-corrected chi connectivity index (χ2v) is 20.0. The monoisotopic (exact) mass is 884 g/mol. The summed E-state index contributed by atoms with van der Waals surface area (Å²) in [5, 5.41) is 17.4. The molecule has 0 amide bonds. The van der Waals surface area contributed by atoms with Crippen molar-refractivity contribution in [2.45, 2.75) is 0 Å². The Morgan fingerprint density at radius 1 is 0.239 bits per heavy atom. The number of fused-ring (bicyclic) bond motifs is 13. The number of thiophene rings is 2. The number of hydrogen-bond acceptors (Lipinski definition) is 3.